The summed E-state index contributed by atoms with van der Waals surface area (Å²) in [4.78, 5) is 19.1. The van der Waals surface area contributed by atoms with Crippen molar-refractivity contribution in [2.75, 3.05) is 26.3 Å². The summed E-state index contributed by atoms with van der Waals surface area (Å²) < 4.78 is 5.60. The SMILES string of the molecule is O=C(N1CC=C(c2c[nH]c3ccccc23)CC1)C1(c2ccc(Cl)cc2)CCOCC1. The largest absolute Gasteiger partial charge is 0.381 e. The number of aromatic amines is 1. The van der Waals surface area contributed by atoms with E-state index in [1.807, 2.05) is 35.2 Å². The quantitative estimate of drug-likeness (QED) is 0.634. The molecule has 154 valence electrons. The van der Waals surface area contributed by atoms with Crippen molar-refractivity contribution in [3.05, 3.63) is 77.0 Å². The van der Waals surface area contributed by atoms with Gasteiger partial charge in [0.2, 0.25) is 5.91 Å². The maximum Gasteiger partial charge on any atom is 0.233 e. The number of rotatable bonds is 3. The molecule has 2 aliphatic rings. The number of carbonyl (C=O) groups is 1. The van der Waals surface area contributed by atoms with Crippen molar-refractivity contribution in [3.63, 3.8) is 0 Å². The standard InChI is InChI=1S/C25H25ClN2O2/c26-20-7-5-19(6-8-20)25(11-15-30-16-12-25)24(29)28-13-9-18(10-14-28)22-17-27-23-4-2-1-3-21(22)23/h1-9,17,27H,10-16H2. The molecule has 1 fully saturated rings. The van der Waals surface area contributed by atoms with Crippen molar-refractivity contribution in [1.82, 2.24) is 9.88 Å². The number of aromatic nitrogens is 1. The summed E-state index contributed by atoms with van der Waals surface area (Å²) in [6, 6.07) is 16.1. The lowest BCUT2D eigenvalue weighted by Crippen LogP contribution is -2.51. The number of amides is 1. The normalized spacial score (nSPS) is 19.0. The molecule has 0 radical (unpaired) electrons. The van der Waals surface area contributed by atoms with Gasteiger partial charge in [-0.1, -0.05) is 48.0 Å². The number of fused-ring (bicyclic) bond motifs is 1. The monoisotopic (exact) mass is 420 g/mol. The minimum Gasteiger partial charge on any atom is -0.381 e. The molecule has 4 nitrogen and oxygen atoms in total. The zero-order chi connectivity index (χ0) is 20.6. The molecule has 1 N–H and O–H groups in total. The molecule has 1 aromatic heterocycles. The topological polar surface area (TPSA) is 45.3 Å². The fourth-order valence-electron chi connectivity index (χ4n) is 4.85. The van der Waals surface area contributed by atoms with Crippen LogP contribution in [0.3, 0.4) is 0 Å². The first-order valence-electron chi connectivity index (χ1n) is 10.6. The van der Waals surface area contributed by atoms with Crippen LogP contribution < -0.4 is 0 Å². The van der Waals surface area contributed by atoms with Gasteiger partial charge in [-0.2, -0.15) is 0 Å². The van der Waals surface area contributed by atoms with Gasteiger partial charge in [-0.25, -0.2) is 0 Å². The Morgan fingerprint density at radius 1 is 1.07 bits per heavy atom. The molecule has 0 atom stereocenters. The highest BCUT2D eigenvalue weighted by molar-refractivity contribution is 6.30. The fraction of sp³-hybridized carbons (Fsp3) is 0.320. The highest BCUT2D eigenvalue weighted by Crippen LogP contribution is 2.38. The fourth-order valence-corrected chi connectivity index (χ4v) is 4.98. The van der Waals surface area contributed by atoms with Crippen molar-refractivity contribution < 1.29 is 9.53 Å². The Morgan fingerprint density at radius 3 is 2.57 bits per heavy atom. The first-order chi connectivity index (χ1) is 14.7. The van der Waals surface area contributed by atoms with E-state index >= 15 is 0 Å². The van der Waals surface area contributed by atoms with E-state index in [0.717, 1.165) is 24.0 Å². The van der Waals surface area contributed by atoms with Gasteiger partial charge in [0.05, 0.1) is 5.41 Å². The molecule has 5 rings (SSSR count). The van der Waals surface area contributed by atoms with E-state index in [2.05, 4.69) is 35.5 Å². The number of hydrogen-bond acceptors (Lipinski definition) is 2. The highest BCUT2D eigenvalue weighted by atomic mass is 35.5. The van der Waals surface area contributed by atoms with Gasteiger partial charge in [-0.15, -0.1) is 0 Å². The van der Waals surface area contributed by atoms with E-state index in [1.54, 1.807) is 0 Å². The minimum absolute atomic E-state index is 0.211. The van der Waals surface area contributed by atoms with E-state index in [0.29, 0.717) is 37.6 Å². The molecule has 2 aliphatic heterocycles. The number of halogens is 1. The number of para-hydroxylation sites is 1. The average Bonchev–Trinajstić information content (AvgIpc) is 3.24. The van der Waals surface area contributed by atoms with Crippen molar-refractivity contribution >= 4 is 34.0 Å². The van der Waals surface area contributed by atoms with Gasteiger partial charge >= 0.3 is 0 Å². The zero-order valence-corrected chi connectivity index (χ0v) is 17.6. The van der Waals surface area contributed by atoms with Crippen LogP contribution in [0, 0.1) is 0 Å². The Labute approximate surface area is 181 Å². The van der Waals surface area contributed by atoms with E-state index < -0.39 is 5.41 Å². The van der Waals surface area contributed by atoms with Gasteiger partial charge < -0.3 is 14.6 Å². The smallest absolute Gasteiger partial charge is 0.233 e. The Bertz CT molecular complexity index is 1090. The zero-order valence-electron chi connectivity index (χ0n) is 16.9. The second-order valence-corrected chi connectivity index (χ2v) is 8.62. The summed E-state index contributed by atoms with van der Waals surface area (Å²) in [5.41, 5.74) is 4.23. The van der Waals surface area contributed by atoms with Crippen LogP contribution in [-0.4, -0.2) is 42.1 Å². The summed E-state index contributed by atoms with van der Waals surface area (Å²) in [7, 11) is 0. The molecule has 0 bridgehead atoms. The van der Waals surface area contributed by atoms with Crippen LogP contribution in [-0.2, 0) is 14.9 Å². The lowest BCUT2D eigenvalue weighted by molar-refractivity contribution is -0.141. The first kappa shape index (κ1) is 19.4. The van der Waals surface area contributed by atoms with Gasteiger partial charge in [-0.3, -0.25) is 4.79 Å². The summed E-state index contributed by atoms with van der Waals surface area (Å²) in [6.45, 7) is 2.60. The molecule has 1 amide bonds. The van der Waals surface area contributed by atoms with Crippen LogP contribution in [0.5, 0.6) is 0 Å². The molecule has 0 aliphatic carbocycles. The maximum absolute atomic E-state index is 13.8. The van der Waals surface area contributed by atoms with Crippen LogP contribution in [0.2, 0.25) is 5.02 Å². The van der Waals surface area contributed by atoms with Crippen LogP contribution >= 0.6 is 11.6 Å². The molecule has 1 saturated heterocycles. The molecule has 3 aromatic rings. The first-order valence-corrected chi connectivity index (χ1v) is 10.9. The average molecular weight is 421 g/mol. The minimum atomic E-state index is -0.519. The van der Waals surface area contributed by atoms with E-state index in [9.17, 15) is 4.79 Å². The van der Waals surface area contributed by atoms with E-state index in [-0.39, 0.29) is 5.91 Å². The van der Waals surface area contributed by atoms with Gasteiger partial charge in [0.1, 0.15) is 0 Å². The van der Waals surface area contributed by atoms with Gasteiger partial charge in [0.15, 0.2) is 0 Å². The highest BCUT2D eigenvalue weighted by Gasteiger charge is 2.44. The molecule has 2 aromatic carbocycles. The number of nitrogens with one attached hydrogen (secondary N) is 1. The number of carbonyl (C=O) groups excluding carboxylic acids is 1. The van der Waals surface area contributed by atoms with Crippen LogP contribution in [0.4, 0.5) is 0 Å². The third kappa shape index (κ3) is 3.34. The van der Waals surface area contributed by atoms with Gasteiger partial charge in [0.25, 0.3) is 0 Å². The van der Waals surface area contributed by atoms with E-state index in [4.69, 9.17) is 16.3 Å². The molecule has 3 heterocycles. The number of nitrogens with zero attached hydrogens (tertiary/aromatic N) is 1. The second kappa shape index (κ2) is 7.93. The van der Waals surface area contributed by atoms with Crippen LogP contribution in [0.25, 0.3) is 16.5 Å². The molecular weight excluding hydrogens is 396 g/mol. The van der Waals surface area contributed by atoms with Crippen molar-refractivity contribution in [2.45, 2.75) is 24.7 Å². The number of ether oxygens (including phenoxy) is 1. The number of benzene rings is 2. The molecule has 5 heteroatoms. The van der Waals surface area contributed by atoms with Crippen molar-refractivity contribution in [3.8, 4) is 0 Å². The molecule has 0 spiro atoms. The van der Waals surface area contributed by atoms with Gasteiger partial charge in [0, 0.05) is 54.0 Å². The summed E-state index contributed by atoms with van der Waals surface area (Å²) >= 11 is 6.10. The summed E-state index contributed by atoms with van der Waals surface area (Å²) in [5, 5.41) is 1.93. The molecule has 0 unspecified atom stereocenters. The third-order valence-electron chi connectivity index (χ3n) is 6.58. The Kier molecular flexibility index (Phi) is 5.13. The molecule has 30 heavy (non-hydrogen) atoms. The molecule has 0 saturated carbocycles. The lowest BCUT2D eigenvalue weighted by Gasteiger charge is -2.41. The number of H-pyrrole nitrogens is 1. The van der Waals surface area contributed by atoms with Crippen molar-refractivity contribution in [1.29, 1.82) is 0 Å². The van der Waals surface area contributed by atoms with Crippen LogP contribution in [0.1, 0.15) is 30.4 Å². The third-order valence-corrected chi connectivity index (χ3v) is 6.84. The summed E-state index contributed by atoms with van der Waals surface area (Å²) in [5.74, 6) is 0.211. The molecular formula is C25H25ClN2O2. The van der Waals surface area contributed by atoms with Crippen LogP contribution in [0.15, 0.2) is 60.8 Å². The Hall–Kier alpha value is -2.56. The summed E-state index contributed by atoms with van der Waals surface area (Å²) in [6.07, 6.45) is 6.58. The second-order valence-electron chi connectivity index (χ2n) is 8.18. The van der Waals surface area contributed by atoms with E-state index in [1.165, 1.54) is 16.5 Å². The Morgan fingerprint density at radius 2 is 1.83 bits per heavy atom. The number of hydrogen-bond donors (Lipinski definition) is 1. The van der Waals surface area contributed by atoms with Gasteiger partial charge in [-0.05, 0) is 48.6 Å². The lowest BCUT2D eigenvalue weighted by atomic mass is 9.72. The Balaban J connectivity index is 1.41. The predicted octanol–water partition coefficient (Wildman–Crippen LogP) is 5.19. The van der Waals surface area contributed by atoms with Crippen molar-refractivity contribution in [2.24, 2.45) is 0 Å². The predicted molar refractivity (Wildman–Crippen MR) is 121 cm³/mol. The maximum atomic E-state index is 13.8.